The molecule has 0 bridgehead atoms. The van der Waals surface area contributed by atoms with Crippen molar-refractivity contribution < 1.29 is 23.0 Å². The van der Waals surface area contributed by atoms with Crippen molar-refractivity contribution in [2.45, 2.75) is 0 Å². The van der Waals surface area contributed by atoms with Gasteiger partial charge in [0.25, 0.3) is 0 Å². The van der Waals surface area contributed by atoms with Crippen molar-refractivity contribution in [3.8, 4) is 23.0 Å². The molecule has 2 aromatic carbocycles. The summed E-state index contributed by atoms with van der Waals surface area (Å²) in [5.41, 5.74) is 1.67. The second-order valence-electron chi connectivity index (χ2n) is 5.73. The molecule has 0 unspecified atom stereocenters. The van der Waals surface area contributed by atoms with Crippen LogP contribution in [0.25, 0.3) is 21.6 Å². The molecule has 0 N–H and O–H groups in total. The molecule has 0 atom stereocenters. The molecule has 5 nitrogen and oxygen atoms in total. The van der Waals surface area contributed by atoms with Gasteiger partial charge in [0, 0.05) is 11.6 Å². The number of carbonyl (C=O) groups is 1. The Bertz CT molecular complexity index is 1180. The number of esters is 1. The molecule has 2 heterocycles. The molecule has 28 heavy (non-hydrogen) atoms. The predicted molar refractivity (Wildman–Crippen MR) is 101 cm³/mol. The van der Waals surface area contributed by atoms with E-state index in [0.29, 0.717) is 27.2 Å². The van der Waals surface area contributed by atoms with Crippen LogP contribution in [0.1, 0.15) is 10.4 Å². The highest BCUT2D eigenvalue weighted by atomic mass is 32.1. The number of methoxy groups -OCH3 is 1. The molecule has 0 amide bonds. The Labute approximate surface area is 162 Å². The van der Waals surface area contributed by atoms with Crippen LogP contribution < -0.4 is 4.74 Å². The summed E-state index contributed by atoms with van der Waals surface area (Å²) in [6, 6.07) is 11.4. The molecule has 0 radical (unpaired) electrons. The van der Waals surface area contributed by atoms with Crippen LogP contribution >= 0.6 is 11.3 Å². The zero-order valence-corrected chi connectivity index (χ0v) is 15.3. The van der Waals surface area contributed by atoms with E-state index in [1.807, 2.05) is 5.38 Å². The minimum atomic E-state index is -0.827. The first-order valence-corrected chi connectivity index (χ1v) is 9.00. The van der Waals surface area contributed by atoms with E-state index in [1.165, 1.54) is 24.5 Å². The van der Waals surface area contributed by atoms with Gasteiger partial charge in [-0.3, -0.25) is 0 Å². The Balaban J connectivity index is 1.75. The van der Waals surface area contributed by atoms with Gasteiger partial charge in [-0.1, -0.05) is 12.1 Å². The number of aromatic nitrogens is 2. The van der Waals surface area contributed by atoms with E-state index >= 15 is 0 Å². The molecule has 0 spiro atoms. The minimum Gasteiger partial charge on any atom is -0.465 e. The van der Waals surface area contributed by atoms with Gasteiger partial charge in [-0.2, -0.15) is 4.98 Å². The maximum Gasteiger partial charge on any atom is 0.337 e. The second-order valence-corrected chi connectivity index (χ2v) is 6.65. The Morgan fingerprint density at radius 3 is 2.54 bits per heavy atom. The normalized spacial score (nSPS) is 10.8. The SMILES string of the molecule is COC(=O)c1ccc(-c2nc(Oc3ccc(F)cc3F)c3sccc3n2)cc1. The molecule has 0 aliphatic rings. The highest BCUT2D eigenvalue weighted by Gasteiger charge is 2.15. The molecule has 0 saturated heterocycles. The van der Waals surface area contributed by atoms with Crippen LogP contribution in [0.5, 0.6) is 11.6 Å². The van der Waals surface area contributed by atoms with Crippen LogP contribution in [0.2, 0.25) is 0 Å². The lowest BCUT2D eigenvalue weighted by atomic mass is 10.1. The first kappa shape index (κ1) is 18.0. The van der Waals surface area contributed by atoms with Crippen molar-refractivity contribution in [3.05, 3.63) is 71.1 Å². The van der Waals surface area contributed by atoms with Crippen LogP contribution in [0, 0.1) is 11.6 Å². The third-order valence-electron chi connectivity index (χ3n) is 3.94. The maximum atomic E-state index is 14.0. The second kappa shape index (κ2) is 7.32. The van der Waals surface area contributed by atoms with Gasteiger partial charge in [-0.15, -0.1) is 11.3 Å². The Morgan fingerprint density at radius 1 is 1.04 bits per heavy atom. The summed E-state index contributed by atoms with van der Waals surface area (Å²) in [6.45, 7) is 0. The van der Waals surface area contributed by atoms with Crippen molar-refractivity contribution in [2.24, 2.45) is 0 Å². The van der Waals surface area contributed by atoms with Gasteiger partial charge in [-0.05, 0) is 35.7 Å². The largest absolute Gasteiger partial charge is 0.465 e. The molecule has 0 aliphatic carbocycles. The van der Waals surface area contributed by atoms with E-state index in [4.69, 9.17) is 4.74 Å². The van der Waals surface area contributed by atoms with Gasteiger partial charge in [0.15, 0.2) is 17.4 Å². The molecule has 140 valence electrons. The van der Waals surface area contributed by atoms with Crippen molar-refractivity contribution in [1.82, 2.24) is 9.97 Å². The topological polar surface area (TPSA) is 61.3 Å². The molecule has 2 aromatic heterocycles. The van der Waals surface area contributed by atoms with Gasteiger partial charge in [0.2, 0.25) is 5.88 Å². The lowest BCUT2D eigenvalue weighted by Gasteiger charge is -2.09. The van der Waals surface area contributed by atoms with E-state index in [2.05, 4.69) is 14.7 Å². The van der Waals surface area contributed by atoms with Gasteiger partial charge in [-0.25, -0.2) is 18.6 Å². The summed E-state index contributed by atoms with van der Waals surface area (Å²) in [5, 5.41) is 1.82. The number of nitrogens with zero attached hydrogens (tertiary/aromatic N) is 2. The van der Waals surface area contributed by atoms with Gasteiger partial charge in [0.1, 0.15) is 10.5 Å². The number of benzene rings is 2. The number of rotatable bonds is 4. The van der Waals surface area contributed by atoms with Crippen molar-refractivity contribution in [3.63, 3.8) is 0 Å². The fraction of sp³-hybridized carbons (Fsp3) is 0.0500. The zero-order valence-electron chi connectivity index (χ0n) is 14.5. The zero-order chi connectivity index (χ0) is 19.7. The molecular formula is C20H12F2N2O3S. The number of hydrogen-bond acceptors (Lipinski definition) is 6. The predicted octanol–water partition coefficient (Wildman–Crippen LogP) is 5.22. The van der Waals surface area contributed by atoms with Crippen LogP contribution in [0.4, 0.5) is 8.78 Å². The quantitative estimate of drug-likeness (QED) is 0.441. The van der Waals surface area contributed by atoms with Crippen LogP contribution in [-0.2, 0) is 4.74 Å². The fourth-order valence-electron chi connectivity index (χ4n) is 2.57. The van der Waals surface area contributed by atoms with Crippen molar-refractivity contribution >= 4 is 27.5 Å². The maximum absolute atomic E-state index is 14.0. The average Bonchev–Trinajstić information content (AvgIpc) is 3.18. The smallest absolute Gasteiger partial charge is 0.337 e. The number of ether oxygens (including phenoxy) is 2. The average molecular weight is 398 g/mol. The molecule has 4 aromatic rings. The third kappa shape index (κ3) is 3.41. The number of hydrogen-bond donors (Lipinski definition) is 0. The van der Waals surface area contributed by atoms with Crippen molar-refractivity contribution in [2.75, 3.05) is 7.11 Å². The Kier molecular flexibility index (Phi) is 4.70. The van der Waals surface area contributed by atoms with Crippen LogP contribution in [-0.4, -0.2) is 23.0 Å². The lowest BCUT2D eigenvalue weighted by molar-refractivity contribution is 0.0600. The Hall–Kier alpha value is -3.39. The summed E-state index contributed by atoms with van der Waals surface area (Å²) >= 11 is 1.35. The highest BCUT2D eigenvalue weighted by molar-refractivity contribution is 7.17. The summed E-state index contributed by atoms with van der Waals surface area (Å²) in [7, 11) is 1.31. The summed E-state index contributed by atoms with van der Waals surface area (Å²) in [6.07, 6.45) is 0. The van der Waals surface area contributed by atoms with Crippen LogP contribution in [0.3, 0.4) is 0 Å². The third-order valence-corrected chi connectivity index (χ3v) is 4.83. The number of fused-ring (bicyclic) bond motifs is 1. The molecule has 8 heteroatoms. The van der Waals surface area contributed by atoms with Gasteiger partial charge >= 0.3 is 5.97 Å². The van der Waals surface area contributed by atoms with Gasteiger partial charge < -0.3 is 9.47 Å². The first-order valence-electron chi connectivity index (χ1n) is 8.12. The molecule has 0 aliphatic heterocycles. The molecule has 0 saturated carbocycles. The minimum absolute atomic E-state index is 0.137. The molecule has 0 fully saturated rings. The number of halogens is 2. The van der Waals surface area contributed by atoms with Gasteiger partial charge in [0.05, 0.1) is 18.2 Å². The van der Waals surface area contributed by atoms with Crippen LogP contribution in [0.15, 0.2) is 53.9 Å². The van der Waals surface area contributed by atoms with Crippen molar-refractivity contribution in [1.29, 1.82) is 0 Å². The summed E-state index contributed by atoms with van der Waals surface area (Å²) in [5.74, 6) is -1.59. The van der Waals surface area contributed by atoms with E-state index in [1.54, 1.807) is 30.3 Å². The Morgan fingerprint density at radius 2 is 1.82 bits per heavy atom. The molecule has 4 rings (SSSR count). The standard InChI is InChI=1S/C20H12F2N2O3S/c1-26-20(25)12-4-2-11(3-5-12)18-23-15-8-9-28-17(15)19(24-18)27-16-7-6-13(21)10-14(16)22/h2-10H,1H3. The van der Waals surface area contributed by atoms with E-state index in [0.717, 1.165) is 12.1 Å². The van der Waals surface area contributed by atoms with E-state index < -0.39 is 17.6 Å². The number of carbonyl (C=O) groups excluding carboxylic acids is 1. The summed E-state index contributed by atoms with van der Waals surface area (Å²) in [4.78, 5) is 20.5. The first-order chi connectivity index (χ1) is 13.5. The van der Waals surface area contributed by atoms with E-state index in [-0.39, 0.29) is 11.6 Å². The highest BCUT2D eigenvalue weighted by Crippen LogP contribution is 2.34. The lowest BCUT2D eigenvalue weighted by Crippen LogP contribution is -2.01. The monoisotopic (exact) mass is 398 g/mol. The number of thiophene rings is 1. The summed E-state index contributed by atoms with van der Waals surface area (Å²) < 4.78 is 38.1. The fourth-order valence-corrected chi connectivity index (χ4v) is 3.33. The van der Waals surface area contributed by atoms with E-state index in [9.17, 15) is 13.6 Å². The molecular weight excluding hydrogens is 386 g/mol.